The van der Waals surface area contributed by atoms with Gasteiger partial charge in [0.2, 0.25) is 5.91 Å². The number of urea groups is 1. The molecule has 0 fully saturated rings. The largest absolute Gasteiger partial charge is 0.323 e. The van der Waals surface area contributed by atoms with Crippen LogP contribution in [0.5, 0.6) is 0 Å². The van der Waals surface area contributed by atoms with Crippen molar-refractivity contribution in [1.29, 1.82) is 0 Å². The molecular weight excluding hydrogens is 304 g/mol. The van der Waals surface area contributed by atoms with E-state index in [1.54, 1.807) is 0 Å². The van der Waals surface area contributed by atoms with Gasteiger partial charge in [0.05, 0.1) is 5.71 Å². The second-order valence-corrected chi connectivity index (χ2v) is 5.66. The molecule has 0 saturated heterocycles. The van der Waals surface area contributed by atoms with Crippen molar-refractivity contribution in [3.05, 3.63) is 60.2 Å². The zero-order valence-electron chi connectivity index (χ0n) is 13.2. The van der Waals surface area contributed by atoms with E-state index in [0.717, 1.165) is 17.0 Å². The molecule has 3 N–H and O–H groups in total. The predicted molar refractivity (Wildman–Crippen MR) is 94.0 cm³/mol. The fourth-order valence-electron chi connectivity index (χ4n) is 2.54. The summed E-state index contributed by atoms with van der Waals surface area (Å²) in [5, 5.41) is 9.66. The molecule has 0 saturated carbocycles. The molecule has 3 rings (SSSR count). The number of nitrogens with one attached hydrogen (secondary N) is 3. The van der Waals surface area contributed by atoms with Gasteiger partial charge in [-0.05, 0) is 29.8 Å². The van der Waals surface area contributed by atoms with E-state index < -0.39 is 0 Å². The van der Waals surface area contributed by atoms with Crippen molar-refractivity contribution in [3.8, 4) is 0 Å². The van der Waals surface area contributed by atoms with Crippen LogP contribution in [0.15, 0.2) is 59.7 Å². The highest BCUT2D eigenvalue weighted by Gasteiger charge is 2.21. The lowest BCUT2D eigenvalue weighted by molar-refractivity contribution is -0.121. The minimum absolute atomic E-state index is 0.0675. The smallest absolute Gasteiger partial charge is 0.308 e. The summed E-state index contributed by atoms with van der Waals surface area (Å²) in [6.07, 6.45) is 0.429. The number of nitrogens with zero attached hydrogens (tertiary/aromatic N) is 1. The number of carbonyl (C=O) groups is 2. The maximum absolute atomic E-state index is 12.0. The molecule has 0 aromatic heterocycles. The van der Waals surface area contributed by atoms with E-state index >= 15 is 0 Å². The molecule has 0 bridgehead atoms. The minimum atomic E-state index is -0.301. The topological polar surface area (TPSA) is 82.6 Å². The average molecular weight is 322 g/mol. The number of hydrogen-bond donors (Lipinski definition) is 3. The molecular formula is C18H18N4O2. The zero-order valence-corrected chi connectivity index (χ0v) is 13.2. The van der Waals surface area contributed by atoms with Crippen LogP contribution in [0, 0.1) is 5.92 Å². The van der Waals surface area contributed by atoms with Crippen molar-refractivity contribution in [2.75, 3.05) is 10.6 Å². The fraction of sp³-hybridized carbons (Fsp3) is 0.167. The van der Waals surface area contributed by atoms with Gasteiger partial charge in [-0.1, -0.05) is 37.3 Å². The summed E-state index contributed by atoms with van der Waals surface area (Å²) >= 11 is 0. The Kier molecular flexibility index (Phi) is 4.56. The van der Waals surface area contributed by atoms with Crippen LogP contribution < -0.4 is 16.1 Å². The summed E-state index contributed by atoms with van der Waals surface area (Å²) in [5.41, 5.74) is 5.68. The molecule has 6 heteroatoms. The van der Waals surface area contributed by atoms with Crippen LogP contribution in [0.25, 0.3) is 0 Å². The molecule has 1 unspecified atom stereocenters. The Balaban J connectivity index is 1.64. The van der Waals surface area contributed by atoms with E-state index in [9.17, 15) is 9.59 Å². The first kappa shape index (κ1) is 15.7. The number of amides is 3. The van der Waals surface area contributed by atoms with Gasteiger partial charge in [0.15, 0.2) is 0 Å². The van der Waals surface area contributed by atoms with Gasteiger partial charge >= 0.3 is 6.03 Å². The molecule has 0 spiro atoms. The maximum atomic E-state index is 12.0. The van der Waals surface area contributed by atoms with Crippen LogP contribution in [0.1, 0.15) is 18.9 Å². The van der Waals surface area contributed by atoms with Gasteiger partial charge in [0.25, 0.3) is 0 Å². The lowest BCUT2D eigenvalue weighted by Crippen LogP contribution is -2.31. The molecule has 0 aliphatic carbocycles. The van der Waals surface area contributed by atoms with Gasteiger partial charge < -0.3 is 10.6 Å². The number of benzene rings is 2. The normalized spacial score (nSPS) is 16.8. The number of para-hydroxylation sites is 1. The molecule has 1 heterocycles. The van der Waals surface area contributed by atoms with Crippen molar-refractivity contribution in [2.24, 2.45) is 11.0 Å². The van der Waals surface area contributed by atoms with Gasteiger partial charge in [-0.2, -0.15) is 5.10 Å². The highest BCUT2D eigenvalue weighted by Crippen LogP contribution is 2.18. The van der Waals surface area contributed by atoms with Crippen molar-refractivity contribution >= 4 is 29.0 Å². The second kappa shape index (κ2) is 6.95. The van der Waals surface area contributed by atoms with Crippen molar-refractivity contribution < 1.29 is 9.59 Å². The van der Waals surface area contributed by atoms with Crippen LogP contribution in [0.4, 0.5) is 16.2 Å². The molecule has 0 radical (unpaired) electrons. The Morgan fingerprint density at radius 1 is 1.04 bits per heavy atom. The predicted octanol–water partition coefficient (Wildman–Crippen LogP) is 3.19. The van der Waals surface area contributed by atoms with Crippen molar-refractivity contribution in [2.45, 2.75) is 13.3 Å². The molecule has 1 aliphatic heterocycles. The Bertz CT molecular complexity index is 769. The molecule has 2 aromatic carbocycles. The Labute approximate surface area is 140 Å². The Morgan fingerprint density at radius 2 is 1.67 bits per heavy atom. The van der Waals surface area contributed by atoms with Gasteiger partial charge in [-0.25, -0.2) is 10.2 Å². The van der Waals surface area contributed by atoms with Gasteiger partial charge in [-0.3, -0.25) is 4.79 Å². The summed E-state index contributed by atoms with van der Waals surface area (Å²) in [5.74, 6) is 0.000980. The average Bonchev–Trinajstić information content (AvgIpc) is 2.57. The molecule has 1 atom stereocenters. The summed E-state index contributed by atoms with van der Waals surface area (Å²) < 4.78 is 0. The van der Waals surface area contributed by atoms with Crippen LogP contribution in [-0.4, -0.2) is 17.6 Å². The number of carbonyl (C=O) groups excluding carboxylic acids is 2. The first-order valence-electron chi connectivity index (χ1n) is 7.72. The minimum Gasteiger partial charge on any atom is -0.308 e. The molecule has 3 amide bonds. The molecule has 6 nitrogen and oxygen atoms in total. The van der Waals surface area contributed by atoms with Crippen molar-refractivity contribution in [3.63, 3.8) is 0 Å². The third-order valence-electron chi connectivity index (χ3n) is 3.73. The van der Waals surface area contributed by atoms with E-state index in [4.69, 9.17) is 0 Å². The first-order valence-corrected chi connectivity index (χ1v) is 7.72. The third kappa shape index (κ3) is 3.78. The van der Waals surface area contributed by atoms with Gasteiger partial charge in [0, 0.05) is 23.7 Å². The number of anilines is 2. The quantitative estimate of drug-likeness (QED) is 0.811. The Hall–Kier alpha value is -3.15. The summed E-state index contributed by atoms with van der Waals surface area (Å²) in [6.45, 7) is 1.97. The van der Waals surface area contributed by atoms with Gasteiger partial charge in [0.1, 0.15) is 0 Å². The standard InChI is InChI=1S/C18H18N4O2/c1-12-11-16(23)21-22-17(12)13-7-9-15(10-8-13)20-18(24)19-14-5-3-2-4-6-14/h2-10,12H,11H2,1H3,(H,21,23)(H2,19,20,24). The van der Waals surface area contributed by atoms with E-state index in [0.29, 0.717) is 12.1 Å². The molecule has 122 valence electrons. The van der Waals surface area contributed by atoms with E-state index in [-0.39, 0.29) is 17.9 Å². The monoisotopic (exact) mass is 322 g/mol. The SMILES string of the molecule is CC1CC(=O)NN=C1c1ccc(NC(=O)Nc2ccccc2)cc1. The lowest BCUT2D eigenvalue weighted by Gasteiger charge is -2.19. The van der Waals surface area contributed by atoms with Crippen LogP contribution in [-0.2, 0) is 4.79 Å². The molecule has 1 aliphatic rings. The van der Waals surface area contributed by atoms with Crippen LogP contribution >= 0.6 is 0 Å². The first-order chi connectivity index (χ1) is 11.6. The van der Waals surface area contributed by atoms with Gasteiger partial charge in [-0.15, -0.1) is 0 Å². The van der Waals surface area contributed by atoms with E-state index in [1.807, 2.05) is 61.5 Å². The molecule has 2 aromatic rings. The molecule has 24 heavy (non-hydrogen) atoms. The fourth-order valence-corrected chi connectivity index (χ4v) is 2.54. The summed E-state index contributed by atoms with van der Waals surface area (Å²) in [6, 6.07) is 16.3. The summed E-state index contributed by atoms with van der Waals surface area (Å²) in [4.78, 5) is 23.3. The van der Waals surface area contributed by atoms with Crippen LogP contribution in [0.3, 0.4) is 0 Å². The second-order valence-electron chi connectivity index (χ2n) is 5.66. The highest BCUT2D eigenvalue weighted by atomic mass is 16.2. The number of hydrazone groups is 1. The van der Waals surface area contributed by atoms with Crippen molar-refractivity contribution in [1.82, 2.24) is 5.43 Å². The zero-order chi connectivity index (χ0) is 16.9. The maximum Gasteiger partial charge on any atom is 0.323 e. The summed E-state index contributed by atoms with van der Waals surface area (Å²) in [7, 11) is 0. The number of hydrogen-bond acceptors (Lipinski definition) is 3. The Morgan fingerprint density at radius 3 is 2.29 bits per heavy atom. The van der Waals surface area contributed by atoms with E-state index in [1.165, 1.54) is 0 Å². The highest BCUT2D eigenvalue weighted by molar-refractivity contribution is 6.06. The lowest BCUT2D eigenvalue weighted by atomic mass is 9.94. The third-order valence-corrected chi connectivity index (χ3v) is 3.73. The van der Waals surface area contributed by atoms with E-state index in [2.05, 4.69) is 21.2 Å². The number of rotatable bonds is 3. The van der Waals surface area contributed by atoms with Crippen LogP contribution in [0.2, 0.25) is 0 Å².